The summed E-state index contributed by atoms with van der Waals surface area (Å²) in [6.07, 6.45) is 5.29. The maximum absolute atomic E-state index is 11.4. The van der Waals surface area contributed by atoms with Crippen molar-refractivity contribution in [1.29, 1.82) is 0 Å². The first-order valence-corrected chi connectivity index (χ1v) is 11.6. The third-order valence-corrected chi connectivity index (χ3v) is 7.06. The Kier molecular flexibility index (Phi) is 12.2. The fourth-order valence-corrected chi connectivity index (χ4v) is 4.59. The lowest BCUT2D eigenvalue weighted by molar-refractivity contribution is -0.258. The van der Waals surface area contributed by atoms with E-state index in [2.05, 4.69) is 32.6 Å². The highest BCUT2D eigenvalue weighted by molar-refractivity contribution is 6.39. The first-order valence-electron chi connectivity index (χ1n) is 8.19. The predicted molar refractivity (Wildman–Crippen MR) is 107 cm³/mol. The molecule has 138 valence electrons. The summed E-state index contributed by atoms with van der Waals surface area (Å²) in [5.74, 6) is -1.35. The average molecular weight is 389 g/mol. The van der Waals surface area contributed by atoms with Gasteiger partial charge in [-0.3, -0.25) is 0 Å². The molecule has 0 saturated carbocycles. The van der Waals surface area contributed by atoms with E-state index >= 15 is 0 Å². The van der Waals surface area contributed by atoms with Crippen LogP contribution in [0.1, 0.15) is 47.5 Å². The third-order valence-electron chi connectivity index (χ3n) is 3.55. The highest BCUT2D eigenvalue weighted by Crippen LogP contribution is 2.22. The molecule has 0 aromatic carbocycles. The lowest BCUT2D eigenvalue weighted by Gasteiger charge is -2.34. The van der Waals surface area contributed by atoms with Crippen molar-refractivity contribution in [3.05, 3.63) is 34.7 Å². The number of carbonyl (C=O) groups excluding carboxylic acids is 1. The maximum atomic E-state index is 11.4. The van der Waals surface area contributed by atoms with Gasteiger partial charge < -0.3 is 18.0 Å². The molecule has 0 aliphatic rings. The predicted octanol–water partition coefficient (Wildman–Crippen LogP) is 0.885. The zero-order valence-electron chi connectivity index (χ0n) is 15.9. The van der Waals surface area contributed by atoms with Gasteiger partial charge in [0, 0.05) is 12.0 Å². The summed E-state index contributed by atoms with van der Waals surface area (Å²) in [6, 6.07) is 0. The molecule has 0 aromatic rings. The van der Waals surface area contributed by atoms with Crippen LogP contribution in [-0.4, -0.2) is 48.6 Å². The zero-order valence-corrected chi connectivity index (χ0v) is 20.8. The maximum Gasteiger partial charge on any atom is 0.333 e. The number of esters is 1. The lowest BCUT2D eigenvalue weighted by atomic mass is 10.3. The van der Waals surface area contributed by atoms with Crippen LogP contribution in [0.3, 0.4) is 0 Å². The second-order valence-electron chi connectivity index (χ2n) is 5.75. The van der Waals surface area contributed by atoms with Crippen LogP contribution in [0.15, 0.2) is 34.7 Å². The lowest BCUT2D eigenvalue weighted by Crippen LogP contribution is -2.41. The SMILES string of the molecule is C=C(C)C(=O)OCCCC(O[SiH3])(O[SiH2]C(C)=CC)O[SiH2]C(C)=CC. The van der Waals surface area contributed by atoms with E-state index in [9.17, 15) is 4.79 Å². The number of rotatable bonds is 12. The van der Waals surface area contributed by atoms with E-state index in [1.165, 1.54) is 10.4 Å². The monoisotopic (exact) mass is 388 g/mol. The largest absolute Gasteiger partial charge is 0.462 e. The smallest absolute Gasteiger partial charge is 0.333 e. The summed E-state index contributed by atoms with van der Waals surface area (Å²) in [4.78, 5) is 11.4. The molecule has 0 unspecified atom stereocenters. The van der Waals surface area contributed by atoms with Gasteiger partial charge in [0.25, 0.3) is 5.97 Å². The van der Waals surface area contributed by atoms with Crippen LogP contribution in [-0.2, 0) is 22.8 Å². The molecule has 0 spiro atoms. The average Bonchev–Trinajstić information content (AvgIpc) is 2.59. The first-order chi connectivity index (χ1) is 11.3. The molecule has 0 heterocycles. The van der Waals surface area contributed by atoms with Gasteiger partial charge in [0.2, 0.25) is 0 Å². The van der Waals surface area contributed by atoms with Gasteiger partial charge in [0.1, 0.15) is 0 Å². The molecule has 0 radical (unpaired) electrons. The molecule has 0 fully saturated rings. The Morgan fingerprint density at radius 1 is 1.12 bits per heavy atom. The molecule has 0 atom stereocenters. The van der Waals surface area contributed by atoms with Gasteiger partial charge in [-0.1, -0.05) is 29.1 Å². The Labute approximate surface area is 153 Å². The molecule has 0 N–H and O–H groups in total. The van der Waals surface area contributed by atoms with Crippen LogP contribution in [0.4, 0.5) is 0 Å². The molecule has 5 nitrogen and oxygen atoms in total. The minimum Gasteiger partial charge on any atom is -0.462 e. The third kappa shape index (κ3) is 9.50. The van der Waals surface area contributed by atoms with Gasteiger partial charge >= 0.3 is 5.97 Å². The van der Waals surface area contributed by atoms with Gasteiger partial charge in [-0.25, -0.2) is 4.79 Å². The van der Waals surface area contributed by atoms with Crippen LogP contribution < -0.4 is 0 Å². The topological polar surface area (TPSA) is 54.0 Å². The molecular formula is C16H32O5Si3. The molecule has 24 heavy (non-hydrogen) atoms. The van der Waals surface area contributed by atoms with E-state index in [1.807, 2.05) is 13.8 Å². The van der Waals surface area contributed by atoms with Crippen molar-refractivity contribution in [3.63, 3.8) is 0 Å². The van der Waals surface area contributed by atoms with E-state index in [4.69, 9.17) is 18.0 Å². The number of hydrogen-bond donors (Lipinski definition) is 0. The second-order valence-corrected chi connectivity index (χ2v) is 9.55. The Morgan fingerprint density at radius 2 is 1.62 bits per heavy atom. The van der Waals surface area contributed by atoms with Crippen molar-refractivity contribution in [2.45, 2.75) is 53.4 Å². The molecule has 0 rings (SSSR count). The standard InChI is InChI=1S/C16H32O5Si3/c1-7-13(5)23-20-16(19-22,21-24-14(6)8-2)10-9-11-18-15(17)12(3)4/h7-8H,3,9-11,23-24H2,1-2,4-6,22H3. The first kappa shape index (κ1) is 23.2. The quantitative estimate of drug-likeness (QED) is 0.163. The van der Waals surface area contributed by atoms with Crippen LogP contribution in [0, 0.1) is 0 Å². The highest BCUT2D eigenvalue weighted by Gasteiger charge is 2.31. The zero-order chi connectivity index (χ0) is 18.6. The van der Waals surface area contributed by atoms with Gasteiger partial charge in [-0.2, -0.15) is 0 Å². The molecule has 8 heteroatoms. The van der Waals surface area contributed by atoms with Crippen molar-refractivity contribution in [3.8, 4) is 0 Å². The summed E-state index contributed by atoms with van der Waals surface area (Å²) in [7, 11) is -1.24. The summed E-state index contributed by atoms with van der Waals surface area (Å²) in [6.45, 7) is 13.6. The molecule has 0 amide bonds. The van der Waals surface area contributed by atoms with E-state index in [0.29, 0.717) is 35.5 Å². The van der Waals surface area contributed by atoms with E-state index < -0.39 is 25.5 Å². The Bertz CT molecular complexity index is 452. The normalized spacial score (nSPS) is 16.2. The van der Waals surface area contributed by atoms with E-state index in [1.54, 1.807) is 6.92 Å². The van der Waals surface area contributed by atoms with Crippen molar-refractivity contribution >= 4 is 36.0 Å². The second kappa shape index (κ2) is 12.6. The van der Waals surface area contributed by atoms with Crippen molar-refractivity contribution in [2.24, 2.45) is 0 Å². The van der Waals surface area contributed by atoms with Crippen LogP contribution >= 0.6 is 0 Å². The fraction of sp³-hybridized carbons (Fsp3) is 0.562. The van der Waals surface area contributed by atoms with Crippen LogP contribution in [0.5, 0.6) is 0 Å². The molecular weight excluding hydrogens is 356 g/mol. The van der Waals surface area contributed by atoms with Crippen LogP contribution in [0.25, 0.3) is 0 Å². The van der Waals surface area contributed by atoms with Crippen LogP contribution in [0.2, 0.25) is 0 Å². The highest BCUT2D eigenvalue weighted by atomic mass is 28.2. The molecule has 0 aliphatic heterocycles. The summed E-state index contributed by atoms with van der Waals surface area (Å²) in [5.41, 5.74) is 0.403. The number of allylic oxidation sites excluding steroid dienone is 4. The molecule has 0 bridgehead atoms. The summed E-state index contributed by atoms with van der Waals surface area (Å²) >= 11 is 0. The van der Waals surface area contributed by atoms with Gasteiger partial charge in [-0.15, -0.1) is 0 Å². The summed E-state index contributed by atoms with van der Waals surface area (Å²) < 4.78 is 23.1. The van der Waals surface area contributed by atoms with Crippen molar-refractivity contribution in [2.75, 3.05) is 6.61 Å². The van der Waals surface area contributed by atoms with E-state index in [0.717, 1.165) is 0 Å². The minimum atomic E-state index is -0.977. The van der Waals surface area contributed by atoms with Crippen molar-refractivity contribution in [1.82, 2.24) is 0 Å². The van der Waals surface area contributed by atoms with Gasteiger partial charge in [0.05, 0.1) is 6.61 Å². The van der Waals surface area contributed by atoms with Gasteiger partial charge in [-0.05, 0) is 41.0 Å². The fourth-order valence-electron chi connectivity index (χ4n) is 1.60. The Hall–Kier alpha value is -0.779. The molecule has 0 saturated heterocycles. The van der Waals surface area contributed by atoms with E-state index in [-0.39, 0.29) is 5.97 Å². The number of ether oxygens (including phenoxy) is 1. The Balaban J connectivity index is 4.74. The number of hydrogen-bond acceptors (Lipinski definition) is 5. The molecule has 0 aliphatic carbocycles. The number of carbonyl (C=O) groups is 1. The van der Waals surface area contributed by atoms with Gasteiger partial charge in [0.15, 0.2) is 30.0 Å². The Morgan fingerprint density at radius 3 is 2.00 bits per heavy atom. The summed E-state index contributed by atoms with van der Waals surface area (Å²) in [5, 5.41) is 2.50. The molecule has 0 aromatic heterocycles. The minimum absolute atomic E-state index is 0.305. The van der Waals surface area contributed by atoms with Crippen molar-refractivity contribution < 1.29 is 22.8 Å².